The molecule has 2 saturated heterocycles. The monoisotopic (exact) mass is 606 g/mol. The van der Waals surface area contributed by atoms with Crippen molar-refractivity contribution in [3.63, 3.8) is 0 Å². The van der Waals surface area contributed by atoms with Gasteiger partial charge in [0.05, 0.1) is 35.1 Å². The average Bonchev–Trinajstić information content (AvgIpc) is 3.36. The molecule has 3 aliphatic heterocycles. The third-order valence-electron chi connectivity index (χ3n) is 7.25. The minimum Gasteiger partial charge on any atom is -0.496 e. The molecule has 0 aromatic heterocycles. The first-order chi connectivity index (χ1) is 17.4. The van der Waals surface area contributed by atoms with Gasteiger partial charge in [-0.15, -0.1) is 0 Å². The zero-order valence-corrected chi connectivity index (χ0v) is 22.3. The topological polar surface area (TPSA) is 66.9 Å². The normalized spacial score (nSPS) is 24.0. The molecule has 6 nitrogen and oxygen atoms in total. The van der Waals surface area contributed by atoms with Crippen LogP contribution >= 0.6 is 31.9 Å². The molecule has 8 heteroatoms. The van der Waals surface area contributed by atoms with Gasteiger partial charge >= 0.3 is 0 Å². The molecule has 0 aliphatic carbocycles. The van der Waals surface area contributed by atoms with Crippen LogP contribution in [0.5, 0.6) is 5.75 Å². The lowest BCUT2D eigenvalue weighted by Crippen LogP contribution is -2.44. The highest BCUT2D eigenvalue weighted by Crippen LogP contribution is 2.53. The van der Waals surface area contributed by atoms with Gasteiger partial charge in [-0.2, -0.15) is 0 Å². The molecular formula is C28H20Br2N2O4. The van der Waals surface area contributed by atoms with E-state index in [4.69, 9.17) is 4.74 Å². The maximum Gasteiger partial charge on any atom is 0.240 e. The highest BCUT2D eigenvalue weighted by atomic mass is 79.9. The first kappa shape index (κ1) is 23.2. The quantitative estimate of drug-likeness (QED) is 0.285. The lowest BCUT2D eigenvalue weighted by Gasteiger charge is -2.35. The van der Waals surface area contributed by atoms with E-state index in [9.17, 15) is 14.4 Å². The number of carbonyl (C=O) groups is 3. The third-order valence-corrected chi connectivity index (χ3v) is 8.40. The zero-order valence-electron chi connectivity index (χ0n) is 19.1. The Kier molecular flexibility index (Phi) is 5.61. The van der Waals surface area contributed by atoms with Crippen LogP contribution in [0.25, 0.3) is 6.08 Å². The number of amides is 2. The number of ketones is 1. The van der Waals surface area contributed by atoms with Crippen molar-refractivity contribution in [2.24, 2.45) is 11.8 Å². The molecule has 2 amide bonds. The van der Waals surface area contributed by atoms with Gasteiger partial charge in [0.2, 0.25) is 11.8 Å². The van der Waals surface area contributed by atoms with Gasteiger partial charge < -0.3 is 9.64 Å². The summed E-state index contributed by atoms with van der Waals surface area (Å²) >= 11 is 6.87. The van der Waals surface area contributed by atoms with Crippen LogP contribution in [-0.4, -0.2) is 35.6 Å². The largest absolute Gasteiger partial charge is 0.496 e. The predicted octanol–water partition coefficient (Wildman–Crippen LogP) is 5.62. The summed E-state index contributed by atoms with van der Waals surface area (Å²) in [5, 5.41) is 0. The zero-order chi connectivity index (χ0) is 25.1. The second kappa shape index (κ2) is 8.71. The third kappa shape index (κ3) is 3.38. The second-order valence-electron chi connectivity index (χ2n) is 9.03. The van der Waals surface area contributed by atoms with Crippen LogP contribution in [0.4, 0.5) is 5.69 Å². The van der Waals surface area contributed by atoms with Gasteiger partial charge in [-0.1, -0.05) is 40.2 Å². The summed E-state index contributed by atoms with van der Waals surface area (Å²) < 4.78 is 6.81. The van der Waals surface area contributed by atoms with Crippen molar-refractivity contribution in [1.82, 2.24) is 4.90 Å². The van der Waals surface area contributed by atoms with E-state index in [1.54, 1.807) is 49.6 Å². The number of ether oxygens (including phenoxy) is 1. The molecule has 3 aliphatic rings. The summed E-state index contributed by atoms with van der Waals surface area (Å²) in [6, 6.07) is 18.8. The second-order valence-corrected chi connectivity index (χ2v) is 10.8. The van der Waals surface area contributed by atoms with Crippen LogP contribution in [0.3, 0.4) is 0 Å². The van der Waals surface area contributed by atoms with Gasteiger partial charge in [-0.25, -0.2) is 4.90 Å². The van der Waals surface area contributed by atoms with Gasteiger partial charge in [-0.05, 0) is 75.6 Å². The molecule has 0 unspecified atom stereocenters. The van der Waals surface area contributed by atoms with Crippen molar-refractivity contribution in [2.75, 3.05) is 12.0 Å². The number of benzene rings is 3. The molecule has 2 fully saturated rings. The van der Waals surface area contributed by atoms with E-state index in [1.165, 1.54) is 4.90 Å². The van der Waals surface area contributed by atoms with Crippen molar-refractivity contribution in [3.05, 3.63) is 98.6 Å². The summed E-state index contributed by atoms with van der Waals surface area (Å²) in [4.78, 5) is 45.0. The molecule has 3 aromatic carbocycles. The van der Waals surface area contributed by atoms with E-state index in [1.807, 2.05) is 41.4 Å². The summed E-state index contributed by atoms with van der Waals surface area (Å²) in [5.41, 5.74) is 2.88. The Morgan fingerprint density at radius 3 is 2.36 bits per heavy atom. The summed E-state index contributed by atoms with van der Waals surface area (Å²) in [6.45, 7) is 0. The van der Waals surface area contributed by atoms with Crippen molar-refractivity contribution in [3.8, 4) is 5.75 Å². The van der Waals surface area contributed by atoms with Crippen molar-refractivity contribution < 1.29 is 19.1 Å². The Bertz CT molecular complexity index is 1450. The number of nitrogens with zero attached hydrogens (tertiary/aromatic N) is 2. The van der Waals surface area contributed by atoms with E-state index in [0.29, 0.717) is 21.5 Å². The number of hydrogen-bond donors (Lipinski definition) is 0. The summed E-state index contributed by atoms with van der Waals surface area (Å²) in [6.07, 6.45) is 3.80. The molecule has 3 heterocycles. The van der Waals surface area contributed by atoms with Crippen LogP contribution in [0.1, 0.15) is 27.5 Å². The van der Waals surface area contributed by atoms with Crippen LogP contribution in [0.15, 0.2) is 81.9 Å². The number of hydrogen-bond acceptors (Lipinski definition) is 5. The van der Waals surface area contributed by atoms with E-state index in [2.05, 4.69) is 31.9 Å². The van der Waals surface area contributed by atoms with Crippen LogP contribution in [-0.2, 0) is 9.59 Å². The number of Topliss-reactive ketones (excluding diaryl/α,β-unsaturated/α-hetero) is 1. The number of anilines is 1. The number of methoxy groups -OCH3 is 1. The molecule has 0 N–H and O–H groups in total. The molecule has 36 heavy (non-hydrogen) atoms. The van der Waals surface area contributed by atoms with Gasteiger partial charge in [0.15, 0.2) is 5.78 Å². The van der Waals surface area contributed by atoms with Gasteiger partial charge in [0.25, 0.3) is 0 Å². The summed E-state index contributed by atoms with van der Waals surface area (Å²) in [5.74, 6) is -1.72. The number of carbonyl (C=O) groups excluding carboxylic acids is 3. The Balaban J connectivity index is 1.48. The van der Waals surface area contributed by atoms with Crippen molar-refractivity contribution in [1.29, 1.82) is 0 Å². The first-order valence-electron chi connectivity index (χ1n) is 11.5. The lowest BCUT2D eigenvalue weighted by molar-refractivity contribution is -0.123. The van der Waals surface area contributed by atoms with E-state index < -0.39 is 23.9 Å². The van der Waals surface area contributed by atoms with Crippen molar-refractivity contribution >= 4 is 61.2 Å². The van der Waals surface area contributed by atoms with E-state index in [0.717, 1.165) is 15.6 Å². The Morgan fingerprint density at radius 1 is 0.917 bits per heavy atom. The standard InChI is InChI=1S/C28H20Br2N2O4/c1-36-21-11-6-16(14-20(21)30)26(33)25-23-22(24-19-5-3-2-4-15(19)12-13-31(24)25)27(34)32(28(23)35)18-9-7-17(29)8-10-18/h2-14,22-25H,1H3/t22-,23-,24+,25+/m0/s1. The Morgan fingerprint density at radius 2 is 1.64 bits per heavy atom. The van der Waals surface area contributed by atoms with Crippen LogP contribution in [0.2, 0.25) is 0 Å². The number of halogens is 2. The van der Waals surface area contributed by atoms with Crippen molar-refractivity contribution in [2.45, 2.75) is 12.1 Å². The van der Waals surface area contributed by atoms with Crippen LogP contribution in [0, 0.1) is 11.8 Å². The first-order valence-corrected chi connectivity index (χ1v) is 13.0. The van der Waals surface area contributed by atoms with Gasteiger partial charge in [-0.3, -0.25) is 14.4 Å². The smallest absolute Gasteiger partial charge is 0.240 e. The highest BCUT2D eigenvalue weighted by Gasteiger charge is 2.64. The SMILES string of the molecule is COc1ccc(C(=O)[C@H]2[C@H]3C(=O)N(c4ccc(Br)cc4)C(=O)[C@@H]3[C@H]3c4ccccc4C=CN32)cc1Br. The molecule has 180 valence electrons. The minimum atomic E-state index is -0.818. The highest BCUT2D eigenvalue weighted by molar-refractivity contribution is 9.10. The fourth-order valence-corrected chi connectivity index (χ4v) is 6.50. The fourth-order valence-electron chi connectivity index (χ4n) is 5.69. The lowest BCUT2D eigenvalue weighted by atomic mass is 9.83. The molecule has 0 saturated carbocycles. The summed E-state index contributed by atoms with van der Waals surface area (Å²) in [7, 11) is 1.56. The molecule has 6 rings (SSSR count). The van der Waals surface area contributed by atoms with E-state index in [-0.39, 0.29) is 17.6 Å². The molecule has 4 atom stereocenters. The average molecular weight is 608 g/mol. The molecule has 0 bridgehead atoms. The Hall–Kier alpha value is -3.23. The van der Waals surface area contributed by atoms with Gasteiger partial charge in [0, 0.05) is 16.2 Å². The predicted molar refractivity (Wildman–Crippen MR) is 142 cm³/mol. The minimum absolute atomic E-state index is 0.210. The fraction of sp³-hybridized carbons (Fsp3) is 0.179. The number of imide groups is 1. The molecular weight excluding hydrogens is 588 g/mol. The molecule has 0 radical (unpaired) electrons. The van der Waals surface area contributed by atoms with Crippen LogP contribution < -0.4 is 9.64 Å². The molecule has 3 aromatic rings. The number of rotatable bonds is 4. The number of fused-ring (bicyclic) bond motifs is 5. The Labute approximate surface area is 224 Å². The maximum absolute atomic E-state index is 14.0. The van der Waals surface area contributed by atoms with E-state index >= 15 is 0 Å². The maximum atomic E-state index is 14.0. The van der Waals surface area contributed by atoms with Gasteiger partial charge in [0.1, 0.15) is 11.8 Å². The molecule has 0 spiro atoms.